The summed E-state index contributed by atoms with van der Waals surface area (Å²) in [4.78, 5) is 8.32. The Bertz CT molecular complexity index is 575. The molecule has 0 radical (unpaired) electrons. The molecular weight excluding hydrogens is 256 g/mol. The van der Waals surface area contributed by atoms with Crippen molar-refractivity contribution in [1.29, 1.82) is 0 Å². The van der Waals surface area contributed by atoms with E-state index in [4.69, 9.17) is 10.5 Å². The van der Waals surface area contributed by atoms with Crippen LogP contribution in [-0.2, 0) is 6.54 Å². The number of aromatic nitrogens is 2. The topological polar surface area (TPSA) is 93.3 Å². The molecule has 0 bridgehead atoms. The van der Waals surface area contributed by atoms with Gasteiger partial charge in [0.1, 0.15) is 11.6 Å². The fourth-order valence-corrected chi connectivity index (χ4v) is 1.64. The van der Waals surface area contributed by atoms with E-state index in [0.717, 1.165) is 6.42 Å². The highest BCUT2D eigenvalue weighted by Crippen LogP contribution is 2.20. The van der Waals surface area contributed by atoms with Gasteiger partial charge in [-0.05, 0) is 24.6 Å². The van der Waals surface area contributed by atoms with Gasteiger partial charge in [0, 0.05) is 17.8 Å². The van der Waals surface area contributed by atoms with E-state index >= 15 is 0 Å². The Morgan fingerprint density at radius 2 is 2.20 bits per heavy atom. The number of phenolic OH excluding ortho intramolecular Hbond substituents is 1. The van der Waals surface area contributed by atoms with E-state index in [9.17, 15) is 5.11 Å². The van der Waals surface area contributed by atoms with Gasteiger partial charge in [-0.2, -0.15) is 4.98 Å². The number of anilines is 2. The minimum absolute atomic E-state index is 0.193. The van der Waals surface area contributed by atoms with E-state index in [0.29, 0.717) is 36.1 Å². The van der Waals surface area contributed by atoms with Crippen molar-refractivity contribution in [3.8, 4) is 11.6 Å². The van der Waals surface area contributed by atoms with Crippen LogP contribution < -0.4 is 15.8 Å². The van der Waals surface area contributed by atoms with Crippen molar-refractivity contribution in [2.75, 3.05) is 17.7 Å². The Morgan fingerprint density at radius 3 is 3.00 bits per heavy atom. The molecule has 2 rings (SSSR count). The number of benzene rings is 1. The number of rotatable bonds is 6. The van der Waals surface area contributed by atoms with Crippen LogP contribution in [0.4, 0.5) is 11.5 Å². The first kappa shape index (κ1) is 13.9. The third kappa shape index (κ3) is 3.74. The highest BCUT2D eigenvalue weighted by Gasteiger charge is 2.03. The first-order chi connectivity index (χ1) is 9.69. The number of aromatic hydroxyl groups is 1. The molecule has 4 N–H and O–H groups in total. The maximum Gasteiger partial charge on any atom is 0.234 e. The summed E-state index contributed by atoms with van der Waals surface area (Å²) in [5.74, 6) is 1.26. The lowest BCUT2D eigenvalue weighted by molar-refractivity contribution is 0.304. The molecule has 0 aliphatic heterocycles. The van der Waals surface area contributed by atoms with Gasteiger partial charge in [-0.3, -0.25) is 4.98 Å². The molecule has 0 unspecified atom stereocenters. The van der Waals surface area contributed by atoms with Crippen LogP contribution in [0.2, 0.25) is 0 Å². The van der Waals surface area contributed by atoms with E-state index in [1.165, 1.54) is 0 Å². The zero-order valence-electron chi connectivity index (χ0n) is 11.3. The first-order valence-electron chi connectivity index (χ1n) is 6.45. The second-order valence-electron chi connectivity index (χ2n) is 4.33. The molecule has 0 atom stereocenters. The van der Waals surface area contributed by atoms with Gasteiger partial charge >= 0.3 is 0 Å². The number of nitrogens with two attached hydrogens (primary N) is 1. The molecule has 20 heavy (non-hydrogen) atoms. The summed E-state index contributed by atoms with van der Waals surface area (Å²) in [6.45, 7) is 3.04. The fraction of sp³-hybridized carbons (Fsp3) is 0.286. The van der Waals surface area contributed by atoms with Crippen LogP contribution in [-0.4, -0.2) is 21.7 Å². The molecule has 1 aromatic heterocycles. The van der Waals surface area contributed by atoms with E-state index in [-0.39, 0.29) is 5.75 Å². The molecule has 106 valence electrons. The molecule has 6 heteroatoms. The first-order valence-corrected chi connectivity index (χ1v) is 6.45. The summed E-state index contributed by atoms with van der Waals surface area (Å²) in [6, 6.07) is 4.93. The van der Waals surface area contributed by atoms with Gasteiger partial charge in [0.2, 0.25) is 5.88 Å². The molecule has 1 heterocycles. The second-order valence-corrected chi connectivity index (χ2v) is 4.33. The van der Waals surface area contributed by atoms with Crippen LogP contribution in [0.25, 0.3) is 0 Å². The van der Waals surface area contributed by atoms with Crippen LogP contribution in [0.3, 0.4) is 0 Å². The lowest BCUT2D eigenvalue weighted by Crippen LogP contribution is -2.05. The highest BCUT2D eigenvalue weighted by molar-refractivity contribution is 5.48. The van der Waals surface area contributed by atoms with Crippen molar-refractivity contribution in [3.63, 3.8) is 0 Å². The summed E-state index contributed by atoms with van der Waals surface area (Å²) in [5.41, 5.74) is 6.99. The van der Waals surface area contributed by atoms with E-state index in [2.05, 4.69) is 15.3 Å². The molecule has 0 saturated carbocycles. The van der Waals surface area contributed by atoms with Crippen molar-refractivity contribution < 1.29 is 9.84 Å². The van der Waals surface area contributed by atoms with Crippen molar-refractivity contribution in [2.45, 2.75) is 19.9 Å². The van der Waals surface area contributed by atoms with Gasteiger partial charge in [0.05, 0.1) is 19.0 Å². The zero-order chi connectivity index (χ0) is 14.4. The maximum absolute atomic E-state index is 9.73. The molecule has 0 aliphatic carbocycles. The third-order valence-corrected chi connectivity index (χ3v) is 2.63. The molecule has 0 spiro atoms. The Balaban J connectivity index is 2.01. The minimum atomic E-state index is 0.193. The standard InChI is InChI=1S/C14H18N4O2/c1-2-5-20-14-9-16-8-13(18-14)17-7-10-6-11(15)3-4-12(10)19/h3-4,6,8-9,19H,2,5,7,15H2,1H3,(H,17,18). The summed E-state index contributed by atoms with van der Waals surface area (Å²) >= 11 is 0. The molecule has 0 amide bonds. The number of phenols is 1. The van der Waals surface area contributed by atoms with Crippen LogP contribution in [0.5, 0.6) is 11.6 Å². The smallest absolute Gasteiger partial charge is 0.234 e. The van der Waals surface area contributed by atoms with Crippen LogP contribution >= 0.6 is 0 Å². The van der Waals surface area contributed by atoms with E-state index in [1.54, 1.807) is 30.6 Å². The molecule has 1 aromatic carbocycles. The van der Waals surface area contributed by atoms with Gasteiger partial charge in [0.15, 0.2) is 0 Å². The molecule has 2 aromatic rings. The van der Waals surface area contributed by atoms with Gasteiger partial charge in [0.25, 0.3) is 0 Å². The monoisotopic (exact) mass is 274 g/mol. The number of ether oxygens (including phenoxy) is 1. The predicted molar refractivity (Wildman–Crippen MR) is 77.7 cm³/mol. The quantitative estimate of drug-likeness (QED) is 0.552. The van der Waals surface area contributed by atoms with Gasteiger partial charge < -0.3 is 20.9 Å². The molecule has 6 nitrogen and oxygen atoms in total. The van der Waals surface area contributed by atoms with E-state index in [1.807, 2.05) is 6.92 Å². The Kier molecular flexibility index (Phi) is 4.60. The average molecular weight is 274 g/mol. The van der Waals surface area contributed by atoms with Gasteiger partial charge in [-0.25, -0.2) is 0 Å². The number of nitrogen functional groups attached to an aromatic ring is 1. The maximum atomic E-state index is 9.73. The van der Waals surface area contributed by atoms with Crippen LogP contribution in [0.1, 0.15) is 18.9 Å². The summed E-state index contributed by atoms with van der Waals surface area (Å²) in [6.07, 6.45) is 4.08. The molecular formula is C14H18N4O2. The van der Waals surface area contributed by atoms with Crippen molar-refractivity contribution >= 4 is 11.5 Å². The highest BCUT2D eigenvalue weighted by atomic mass is 16.5. The second kappa shape index (κ2) is 6.60. The SMILES string of the molecule is CCCOc1cncc(NCc2cc(N)ccc2O)n1. The normalized spacial score (nSPS) is 10.2. The Labute approximate surface area is 117 Å². The summed E-state index contributed by atoms with van der Waals surface area (Å²) in [7, 11) is 0. The third-order valence-electron chi connectivity index (χ3n) is 2.63. The lowest BCUT2D eigenvalue weighted by Gasteiger charge is -2.09. The molecule has 0 fully saturated rings. The zero-order valence-corrected chi connectivity index (χ0v) is 11.3. The number of nitrogens with zero attached hydrogens (tertiary/aromatic N) is 2. The van der Waals surface area contributed by atoms with Crippen molar-refractivity contribution in [3.05, 3.63) is 36.2 Å². The average Bonchev–Trinajstić information content (AvgIpc) is 2.46. The van der Waals surface area contributed by atoms with Crippen molar-refractivity contribution in [1.82, 2.24) is 9.97 Å². The van der Waals surface area contributed by atoms with Gasteiger partial charge in [-0.1, -0.05) is 6.92 Å². The Morgan fingerprint density at radius 1 is 1.35 bits per heavy atom. The number of hydrogen-bond donors (Lipinski definition) is 3. The Hall–Kier alpha value is -2.50. The van der Waals surface area contributed by atoms with Crippen LogP contribution in [0.15, 0.2) is 30.6 Å². The largest absolute Gasteiger partial charge is 0.508 e. The molecule has 0 saturated heterocycles. The van der Waals surface area contributed by atoms with Gasteiger partial charge in [-0.15, -0.1) is 0 Å². The summed E-state index contributed by atoms with van der Waals surface area (Å²) in [5, 5.41) is 12.8. The molecule has 0 aliphatic rings. The number of nitrogens with one attached hydrogen (secondary N) is 1. The van der Waals surface area contributed by atoms with E-state index < -0.39 is 0 Å². The van der Waals surface area contributed by atoms with Crippen LogP contribution in [0, 0.1) is 0 Å². The fourth-order valence-electron chi connectivity index (χ4n) is 1.64. The predicted octanol–water partition coefficient (Wildman–Crippen LogP) is 2.17. The number of hydrogen-bond acceptors (Lipinski definition) is 6. The minimum Gasteiger partial charge on any atom is -0.508 e. The summed E-state index contributed by atoms with van der Waals surface area (Å²) < 4.78 is 5.41. The lowest BCUT2D eigenvalue weighted by atomic mass is 10.2. The van der Waals surface area contributed by atoms with Crippen molar-refractivity contribution in [2.24, 2.45) is 0 Å².